The van der Waals surface area contributed by atoms with Gasteiger partial charge in [0.2, 0.25) is 11.8 Å². The molecule has 0 heterocycles. The van der Waals surface area contributed by atoms with Crippen molar-refractivity contribution in [2.45, 2.75) is 52.1 Å². The molecule has 162 valence electrons. The highest BCUT2D eigenvalue weighted by molar-refractivity contribution is 6.36. The molecule has 7 heteroatoms. The van der Waals surface area contributed by atoms with Crippen molar-refractivity contribution < 1.29 is 9.59 Å². The number of hydrogen-bond donors (Lipinski definition) is 1. The largest absolute Gasteiger partial charge is 0.354 e. The molecule has 0 saturated heterocycles. The van der Waals surface area contributed by atoms with Gasteiger partial charge in [0, 0.05) is 28.2 Å². The molecule has 1 atom stereocenters. The summed E-state index contributed by atoms with van der Waals surface area (Å²) in [6.45, 7) is 4.75. The highest BCUT2D eigenvalue weighted by Crippen LogP contribution is 2.27. The van der Waals surface area contributed by atoms with Gasteiger partial charge in [-0.2, -0.15) is 0 Å². The van der Waals surface area contributed by atoms with E-state index in [4.69, 9.17) is 34.8 Å². The summed E-state index contributed by atoms with van der Waals surface area (Å²) in [6, 6.07) is 11.8. The number of rotatable bonds is 10. The fourth-order valence-corrected chi connectivity index (χ4v) is 3.92. The van der Waals surface area contributed by atoms with Crippen LogP contribution in [-0.4, -0.2) is 29.3 Å². The molecule has 0 aliphatic carbocycles. The van der Waals surface area contributed by atoms with E-state index >= 15 is 0 Å². The van der Waals surface area contributed by atoms with Crippen molar-refractivity contribution >= 4 is 46.6 Å². The third-order valence-electron chi connectivity index (χ3n) is 4.90. The molecular formula is C23H27Cl3N2O2. The van der Waals surface area contributed by atoms with Crippen molar-refractivity contribution in [3.8, 4) is 0 Å². The van der Waals surface area contributed by atoms with Crippen LogP contribution in [-0.2, 0) is 22.6 Å². The molecule has 0 aliphatic heterocycles. The monoisotopic (exact) mass is 468 g/mol. The molecule has 2 aromatic rings. The number of nitrogens with one attached hydrogen (secondary N) is 1. The van der Waals surface area contributed by atoms with Gasteiger partial charge in [-0.1, -0.05) is 79.3 Å². The third kappa shape index (κ3) is 6.63. The topological polar surface area (TPSA) is 49.4 Å². The maximum absolute atomic E-state index is 13.4. The Kier molecular flexibility index (Phi) is 9.96. The van der Waals surface area contributed by atoms with Gasteiger partial charge in [0.1, 0.15) is 6.04 Å². The predicted octanol–water partition coefficient (Wildman–Crippen LogP) is 5.91. The number of carbonyl (C=O) groups is 2. The van der Waals surface area contributed by atoms with Gasteiger partial charge in [0.05, 0.1) is 6.42 Å². The first-order valence-corrected chi connectivity index (χ1v) is 11.3. The first-order valence-electron chi connectivity index (χ1n) is 10.1. The number of amides is 2. The van der Waals surface area contributed by atoms with Gasteiger partial charge < -0.3 is 10.2 Å². The minimum atomic E-state index is -0.619. The minimum Gasteiger partial charge on any atom is -0.354 e. The molecule has 2 aromatic carbocycles. The third-order valence-corrected chi connectivity index (χ3v) is 5.98. The number of halogens is 3. The van der Waals surface area contributed by atoms with E-state index in [9.17, 15) is 9.59 Å². The molecule has 0 radical (unpaired) electrons. The van der Waals surface area contributed by atoms with Crippen LogP contribution in [0.2, 0.25) is 15.1 Å². The van der Waals surface area contributed by atoms with E-state index in [2.05, 4.69) is 12.2 Å². The Labute approximate surface area is 193 Å². The molecular weight excluding hydrogens is 443 g/mol. The standard InChI is InChI=1S/C23H27Cl3N2O2/c1-3-5-13-27-23(30)21(4-2)28(15-16-9-6-7-10-18(16)24)22(29)14-17-19(25)11-8-12-20(17)26/h6-12,21H,3-5,13-15H2,1-2H3,(H,27,30). The zero-order chi connectivity index (χ0) is 22.1. The van der Waals surface area contributed by atoms with E-state index in [1.807, 2.05) is 25.1 Å². The Bertz CT molecular complexity index is 853. The van der Waals surface area contributed by atoms with Gasteiger partial charge in [-0.05, 0) is 42.2 Å². The molecule has 0 spiro atoms. The fourth-order valence-electron chi connectivity index (χ4n) is 3.19. The number of nitrogens with zero attached hydrogens (tertiary/aromatic N) is 1. The number of carbonyl (C=O) groups excluding carboxylic acids is 2. The smallest absolute Gasteiger partial charge is 0.242 e. The van der Waals surface area contributed by atoms with Gasteiger partial charge in [-0.15, -0.1) is 0 Å². The average molecular weight is 470 g/mol. The lowest BCUT2D eigenvalue weighted by Gasteiger charge is -2.31. The lowest BCUT2D eigenvalue weighted by Crippen LogP contribution is -2.49. The Balaban J connectivity index is 2.32. The predicted molar refractivity (Wildman–Crippen MR) is 124 cm³/mol. The summed E-state index contributed by atoms with van der Waals surface area (Å²) in [7, 11) is 0. The van der Waals surface area contributed by atoms with E-state index in [-0.39, 0.29) is 24.8 Å². The molecule has 30 heavy (non-hydrogen) atoms. The van der Waals surface area contributed by atoms with Gasteiger partial charge in [0.15, 0.2) is 0 Å². The molecule has 2 rings (SSSR count). The van der Waals surface area contributed by atoms with Crippen LogP contribution >= 0.6 is 34.8 Å². The first-order chi connectivity index (χ1) is 14.4. The Morgan fingerprint density at radius 2 is 1.60 bits per heavy atom. The zero-order valence-corrected chi connectivity index (χ0v) is 19.5. The Morgan fingerprint density at radius 3 is 2.20 bits per heavy atom. The second kappa shape index (κ2) is 12.2. The zero-order valence-electron chi connectivity index (χ0n) is 17.3. The average Bonchev–Trinajstić information content (AvgIpc) is 2.72. The summed E-state index contributed by atoms with van der Waals surface area (Å²) in [4.78, 5) is 27.8. The van der Waals surface area contributed by atoms with Crippen LogP contribution in [0.3, 0.4) is 0 Å². The number of unbranched alkanes of at least 4 members (excludes halogenated alkanes) is 1. The second-order valence-electron chi connectivity index (χ2n) is 7.06. The summed E-state index contributed by atoms with van der Waals surface area (Å²) < 4.78 is 0. The van der Waals surface area contributed by atoms with Crippen molar-refractivity contribution in [1.82, 2.24) is 10.2 Å². The van der Waals surface area contributed by atoms with Crippen LogP contribution in [0, 0.1) is 0 Å². The van der Waals surface area contributed by atoms with E-state index in [0.717, 1.165) is 18.4 Å². The Morgan fingerprint density at radius 1 is 0.967 bits per heavy atom. The summed E-state index contributed by atoms with van der Waals surface area (Å²) in [6.07, 6.45) is 2.34. The summed E-state index contributed by atoms with van der Waals surface area (Å²) >= 11 is 18.9. The van der Waals surface area contributed by atoms with Crippen molar-refractivity contribution in [3.05, 3.63) is 68.7 Å². The SMILES string of the molecule is CCCCNC(=O)C(CC)N(Cc1ccccc1Cl)C(=O)Cc1c(Cl)cccc1Cl. The van der Waals surface area contributed by atoms with Gasteiger partial charge in [0.25, 0.3) is 0 Å². The van der Waals surface area contributed by atoms with Crippen LogP contribution in [0.4, 0.5) is 0 Å². The molecule has 0 bridgehead atoms. The maximum atomic E-state index is 13.4. The highest BCUT2D eigenvalue weighted by Gasteiger charge is 2.29. The minimum absolute atomic E-state index is 0.00169. The maximum Gasteiger partial charge on any atom is 0.242 e. The van der Waals surface area contributed by atoms with Crippen LogP contribution in [0.15, 0.2) is 42.5 Å². The first kappa shape index (κ1) is 24.5. The van der Waals surface area contributed by atoms with Crippen molar-refractivity contribution in [3.63, 3.8) is 0 Å². The Hall–Kier alpha value is -1.75. The molecule has 2 amide bonds. The molecule has 1 unspecified atom stereocenters. The van der Waals surface area contributed by atoms with Gasteiger partial charge >= 0.3 is 0 Å². The van der Waals surface area contributed by atoms with Crippen LogP contribution in [0.1, 0.15) is 44.2 Å². The van der Waals surface area contributed by atoms with Crippen LogP contribution in [0.25, 0.3) is 0 Å². The molecule has 0 fully saturated rings. The van der Waals surface area contributed by atoms with E-state index in [1.165, 1.54) is 0 Å². The van der Waals surface area contributed by atoms with Crippen molar-refractivity contribution in [1.29, 1.82) is 0 Å². The van der Waals surface area contributed by atoms with E-state index < -0.39 is 6.04 Å². The fraction of sp³-hybridized carbons (Fsp3) is 0.391. The lowest BCUT2D eigenvalue weighted by atomic mass is 10.1. The summed E-state index contributed by atoms with van der Waals surface area (Å²) in [5.74, 6) is -0.404. The molecule has 1 N–H and O–H groups in total. The number of benzene rings is 2. The van der Waals surface area contributed by atoms with E-state index in [0.29, 0.717) is 33.6 Å². The van der Waals surface area contributed by atoms with Crippen molar-refractivity contribution in [2.75, 3.05) is 6.54 Å². The normalized spacial score (nSPS) is 11.8. The van der Waals surface area contributed by atoms with Crippen molar-refractivity contribution in [2.24, 2.45) is 0 Å². The van der Waals surface area contributed by atoms with E-state index in [1.54, 1.807) is 29.2 Å². The summed E-state index contributed by atoms with van der Waals surface area (Å²) in [5, 5.41) is 4.34. The number of hydrogen-bond acceptors (Lipinski definition) is 2. The second-order valence-corrected chi connectivity index (χ2v) is 8.28. The molecule has 0 aliphatic rings. The summed E-state index contributed by atoms with van der Waals surface area (Å²) in [5.41, 5.74) is 1.33. The molecule has 0 saturated carbocycles. The molecule has 4 nitrogen and oxygen atoms in total. The lowest BCUT2D eigenvalue weighted by molar-refractivity contribution is -0.140. The van der Waals surface area contributed by atoms with Gasteiger partial charge in [-0.3, -0.25) is 9.59 Å². The van der Waals surface area contributed by atoms with Gasteiger partial charge in [-0.25, -0.2) is 0 Å². The quantitative estimate of drug-likeness (QED) is 0.440. The highest BCUT2D eigenvalue weighted by atomic mass is 35.5. The molecule has 0 aromatic heterocycles. The van der Waals surface area contributed by atoms with Crippen LogP contribution in [0.5, 0.6) is 0 Å². The van der Waals surface area contributed by atoms with Crippen LogP contribution < -0.4 is 5.32 Å².